The minimum absolute atomic E-state index is 0.0189. The maximum absolute atomic E-state index is 13.0. The number of nitrogens with zero attached hydrogens (tertiary/aromatic N) is 2. The van der Waals surface area contributed by atoms with Crippen molar-refractivity contribution < 1.29 is 27.4 Å². The summed E-state index contributed by atoms with van der Waals surface area (Å²) in [5.74, 6) is -1.57. The van der Waals surface area contributed by atoms with Crippen molar-refractivity contribution in [2.75, 3.05) is 7.11 Å². The zero-order chi connectivity index (χ0) is 15.4. The first kappa shape index (κ1) is 14.9. The molecule has 2 heterocycles. The molecule has 0 unspecified atom stereocenters. The van der Waals surface area contributed by atoms with Crippen LogP contribution in [0.1, 0.15) is 16.1 Å². The summed E-state index contributed by atoms with van der Waals surface area (Å²) < 4.78 is 47.6. The van der Waals surface area contributed by atoms with Gasteiger partial charge < -0.3 is 14.0 Å². The Labute approximate surface area is 117 Å². The van der Waals surface area contributed by atoms with Gasteiger partial charge in [-0.1, -0.05) is 0 Å². The van der Waals surface area contributed by atoms with E-state index in [1.54, 1.807) is 0 Å². The van der Waals surface area contributed by atoms with Crippen LogP contribution in [-0.4, -0.2) is 29.2 Å². The van der Waals surface area contributed by atoms with Gasteiger partial charge in [-0.2, -0.15) is 13.2 Å². The Balaban J connectivity index is 2.31. The zero-order valence-corrected chi connectivity index (χ0v) is 10.9. The first-order valence-corrected chi connectivity index (χ1v) is 5.83. The van der Waals surface area contributed by atoms with E-state index in [2.05, 4.69) is 14.5 Å². The summed E-state index contributed by atoms with van der Waals surface area (Å²) in [6.07, 6.45) is 2.49. The van der Waals surface area contributed by atoms with Gasteiger partial charge in [-0.05, 0) is 17.7 Å². The number of esters is 1. The van der Waals surface area contributed by atoms with E-state index in [0.717, 1.165) is 6.07 Å². The van der Waals surface area contributed by atoms with Crippen LogP contribution in [0, 0.1) is 5.95 Å². The molecule has 0 saturated carbocycles. The monoisotopic (exact) mass is 300 g/mol. The summed E-state index contributed by atoms with van der Waals surface area (Å²) >= 11 is 0. The number of carbonyl (C=O) groups is 1. The Kier molecular flexibility index (Phi) is 4.46. The molecule has 21 heavy (non-hydrogen) atoms. The number of hydrogen-bond donors (Lipinski definition) is 0. The van der Waals surface area contributed by atoms with E-state index >= 15 is 0 Å². The molecule has 0 atom stereocenters. The van der Waals surface area contributed by atoms with Gasteiger partial charge in [-0.15, -0.1) is 0 Å². The molecule has 0 amide bonds. The van der Waals surface area contributed by atoms with Crippen molar-refractivity contribution in [1.29, 1.82) is 0 Å². The van der Waals surface area contributed by atoms with Gasteiger partial charge in [0.05, 0.1) is 7.11 Å². The van der Waals surface area contributed by atoms with E-state index < -0.39 is 18.5 Å². The van der Waals surface area contributed by atoms with E-state index in [0.29, 0.717) is 5.56 Å². The van der Waals surface area contributed by atoms with Crippen LogP contribution in [0.15, 0.2) is 30.6 Å². The summed E-state index contributed by atoms with van der Waals surface area (Å²) in [6, 6.07) is 3.85. The standard InChI is InChI=1S/C13H11F3N2O3/c1-20-12(19)10-5-9(21-13(15)16)7-18(10)6-8-2-3-17-11(14)4-8/h2-5,7,13H,6H2,1H3. The van der Waals surface area contributed by atoms with Gasteiger partial charge in [0, 0.05) is 25.0 Å². The maximum atomic E-state index is 13.0. The lowest BCUT2D eigenvalue weighted by atomic mass is 10.2. The number of ether oxygens (including phenoxy) is 2. The van der Waals surface area contributed by atoms with E-state index in [1.807, 2.05) is 0 Å². The molecule has 2 rings (SSSR count). The Morgan fingerprint density at radius 3 is 2.81 bits per heavy atom. The Hall–Kier alpha value is -2.51. The number of pyridine rings is 1. The zero-order valence-electron chi connectivity index (χ0n) is 10.9. The first-order chi connectivity index (χ1) is 9.99. The van der Waals surface area contributed by atoms with Gasteiger partial charge >= 0.3 is 12.6 Å². The smallest absolute Gasteiger partial charge is 0.387 e. The molecular formula is C13H11F3N2O3. The number of methoxy groups -OCH3 is 1. The largest absolute Gasteiger partial charge is 0.464 e. The van der Waals surface area contributed by atoms with Crippen LogP contribution in [0.5, 0.6) is 5.75 Å². The third-order valence-electron chi connectivity index (χ3n) is 2.64. The Morgan fingerprint density at radius 2 is 2.19 bits per heavy atom. The van der Waals surface area contributed by atoms with Crippen LogP contribution >= 0.6 is 0 Å². The Morgan fingerprint density at radius 1 is 1.43 bits per heavy atom. The number of aromatic nitrogens is 2. The number of hydrogen-bond acceptors (Lipinski definition) is 4. The summed E-state index contributed by atoms with van der Waals surface area (Å²) in [5.41, 5.74) is 0.525. The fraction of sp³-hybridized carbons (Fsp3) is 0.231. The van der Waals surface area contributed by atoms with Crippen molar-refractivity contribution in [3.05, 3.63) is 47.8 Å². The second-order valence-corrected chi connectivity index (χ2v) is 4.05. The van der Waals surface area contributed by atoms with Crippen LogP contribution < -0.4 is 4.74 Å². The summed E-state index contributed by atoms with van der Waals surface area (Å²) in [6.45, 7) is -2.93. The minimum atomic E-state index is -3.01. The number of halogens is 3. The summed E-state index contributed by atoms with van der Waals surface area (Å²) in [5, 5.41) is 0. The molecule has 0 aliphatic heterocycles. The number of rotatable bonds is 5. The molecule has 8 heteroatoms. The minimum Gasteiger partial charge on any atom is -0.464 e. The molecule has 0 spiro atoms. The van der Waals surface area contributed by atoms with Crippen molar-refractivity contribution in [1.82, 2.24) is 9.55 Å². The van der Waals surface area contributed by atoms with Gasteiger partial charge in [-0.3, -0.25) is 0 Å². The fourth-order valence-corrected chi connectivity index (χ4v) is 1.79. The molecule has 5 nitrogen and oxygen atoms in total. The highest BCUT2D eigenvalue weighted by Gasteiger charge is 2.17. The third kappa shape index (κ3) is 3.74. The maximum Gasteiger partial charge on any atom is 0.387 e. The SMILES string of the molecule is COC(=O)c1cc(OC(F)F)cn1Cc1ccnc(F)c1. The topological polar surface area (TPSA) is 53.4 Å². The molecule has 0 aromatic carbocycles. The van der Waals surface area contributed by atoms with Crippen molar-refractivity contribution in [2.45, 2.75) is 13.2 Å². The van der Waals surface area contributed by atoms with Crippen LogP contribution in [0.4, 0.5) is 13.2 Å². The summed E-state index contributed by atoms with van der Waals surface area (Å²) in [7, 11) is 1.17. The van der Waals surface area contributed by atoms with E-state index in [-0.39, 0.29) is 18.0 Å². The van der Waals surface area contributed by atoms with Crippen molar-refractivity contribution in [2.24, 2.45) is 0 Å². The van der Waals surface area contributed by atoms with Crippen LogP contribution in [0.3, 0.4) is 0 Å². The molecule has 2 aromatic heterocycles. The van der Waals surface area contributed by atoms with Crippen LogP contribution in [0.25, 0.3) is 0 Å². The van der Waals surface area contributed by atoms with Crippen molar-refractivity contribution in [3.63, 3.8) is 0 Å². The highest BCUT2D eigenvalue weighted by atomic mass is 19.3. The molecule has 0 saturated heterocycles. The first-order valence-electron chi connectivity index (χ1n) is 5.83. The average molecular weight is 300 g/mol. The quantitative estimate of drug-likeness (QED) is 0.629. The second kappa shape index (κ2) is 6.29. The van der Waals surface area contributed by atoms with E-state index in [4.69, 9.17) is 0 Å². The third-order valence-corrected chi connectivity index (χ3v) is 2.64. The average Bonchev–Trinajstić information content (AvgIpc) is 2.79. The van der Waals surface area contributed by atoms with E-state index in [1.165, 1.54) is 36.2 Å². The molecule has 0 fully saturated rings. The molecule has 0 radical (unpaired) electrons. The fourth-order valence-electron chi connectivity index (χ4n) is 1.79. The Bertz CT molecular complexity index is 643. The highest BCUT2D eigenvalue weighted by Crippen LogP contribution is 2.21. The lowest BCUT2D eigenvalue weighted by molar-refractivity contribution is -0.0498. The predicted molar refractivity (Wildman–Crippen MR) is 65.7 cm³/mol. The molecule has 0 aliphatic rings. The van der Waals surface area contributed by atoms with Crippen LogP contribution in [-0.2, 0) is 11.3 Å². The van der Waals surface area contributed by atoms with Gasteiger partial charge in [0.2, 0.25) is 5.95 Å². The molecule has 0 bridgehead atoms. The molecular weight excluding hydrogens is 289 g/mol. The van der Waals surface area contributed by atoms with Gasteiger partial charge in [-0.25, -0.2) is 9.78 Å². The summed E-state index contributed by atoms with van der Waals surface area (Å²) in [4.78, 5) is 15.0. The van der Waals surface area contributed by atoms with Crippen molar-refractivity contribution in [3.8, 4) is 5.75 Å². The van der Waals surface area contributed by atoms with E-state index in [9.17, 15) is 18.0 Å². The van der Waals surface area contributed by atoms with Crippen LogP contribution in [0.2, 0.25) is 0 Å². The van der Waals surface area contributed by atoms with Gasteiger partial charge in [0.15, 0.2) is 0 Å². The van der Waals surface area contributed by atoms with Crippen molar-refractivity contribution >= 4 is 5.97 Å². The molecule has 2 aromatic rings. The lowest BCUT2D eigenvalue weighted by Crippen LogP contribution is -2.10. The van der Waals surface area contributed by atoms with Gasteiger partial charge in [0.1, 0.15) is 11.4 Å². The predicted octanol–water partition coefficient (Wildman–Crippen LogP) is 2.46. The second-order valence-electron chi connectivity index (χ2n) is 4.05. The normalized spacial score (nSPS) is 10.7. The lowest BCUT2D eigenvalue weighted by Gasteiger charge is -2.07. The molecule has 0 N–H and O–H groups in total. The van der Waals surface area contributed by atoms with Gasteiger partial charge in [0.25, 0.3) is 0 Å². The highest BCUT2D eigenvalue weighted by molar-refractivity contribution is 5.88. The molecule has 0 aliphatic carbocycles. The number of alkyl halides is 2. The molecule has 112 valence electrons. The number of carbonyl (C=O) groups excluding carboxylic acids is 1.